The van der Waals surface area contributed by atoms with Crippen molar-refractivity contribution in [3.8, 4) is 0 Å². The van der Waals surface area contributed by atoms with Gasteiger partial charge in [-0.1, -0.05) is 106 Å². The van der Waals surface area contributed by atoms with E-state index < -0.39 is 15.6 Å². The van der Waals surface area contributed by atoms with Gasteiger partial charge in [-0.15, -0.1) is 0 Å². The van der Waals surface area contributed by atoms with Gasteiger partial charge in [0.15, 0.2) is 9.79 Å². The minimum Gasteiger partial charge on any atom is -0.310 e. The van der Waals surface area contributed by atoms with E-state index in [1.807, 2.05) is 0 Å². The molecule has 0 unspecified atom stereocenters. The van der Waals surface area contributed by atoms with E-state index in [-0.39, 0.29) is 21.8 Å². The molecule has 0 bridgehead atoms. The summed E-state index contributed by atoms with van der Waals surface area (Å²) >= 11 is 0. The zero-order valence-electron chi connectivity index (χ0n) is 36.3. The Labute approximate surface area is 372 Å². The number of nitrogens with zero attached hydrogens (tertiary/aromatic N) is 2. The molecule has 5 nitrogen and oxygen atoms in total. The van der Waals surface area contributed by atoms with Crippen molar-refractivity contribution in [2.24, 2.45) is 0 Å². The van der Waals surface area contributed by atoms with Crippen LogP contribution in [-0.2, 0) is 44.7 Å². The number of para-hydroxylation sites is 1. The van der Waals surface area contributed by atoms with Gasteiger partial charge in [-0.2, -0.15) is 21.6 Å². The van der Waals surface area contributed by atoms with E-state index in [1.54, 1.807) is 0 Å². The molecule has 326 valence electrons. The summed E-state index contributed by atoms with van der Waals surface area (Å²) in [5, 5.41) is 0. The van der Waals surface area contributed by atoms with E-state index in [2.05, 4.69) is 206 Å². The third kappa shape index (κ3) is 13.3. The molecule has 6 aromatic carbocycles. The summed E-state index contributed by atoms with van der Waals surface area (Å²) in [7, 11) is -5.48. The Balaban J connectivity index is 0.000000826. The van der Waals surface area contributed by atoms with Crippen LogP contribution in [0.15, 0.2) is 155 Å². The summed E-state index contributed by atoms with van der Waals surface area (Å²) in [6.07, 6.45) is 20.6. The van der Waals surface area contributed by atoms with Crippen LogP contribution in [0.2, 0.25) is 0 Å². The first-order chi connectivity index (χ1) is 29.6. The molecule has 0 atom stereocenters. The number of alkyl halides is 3. The van der Waals surface area contributed by atoms with E-state index >= 15 is 0 Å². The van der Waals surface area contributed by atoms with E-state index in [0.717, 1.165) is 18.5 Å². The van der Waals surface area contributed by atoms with Crippen LogP contribution in [0.5, 0.6) is 0 Å². The predicted molar refractivity (Wildman–Crippen MR) is 261 cm³/mol. The Kier molecular flexibility index (Phi) is 17.4. The highest BCUT2D eigenvalue weighted by atomic mass is 32.2. The average molecular weight is 899 g/mol. The average Bonchev–Trinajstić information content (AvgIpc) is 3.26. The molecule has 0 aliphatic carbocycles. The molecular formula is C51H57F3N2O3S3+2. The summed E-state index contributed by atoms with van der Waals surface area (Å²) in [5.41, 5.74) is 6.77. The van der Waals surface area contributed by atoms with Gasteiger partial charge < -0.3 is 9.80 Å². The van der Waals surface area contributed by atoms with Crippen molar-refractivity contribution in [2.45, 2.75) is 67.7 Å². The van der Waals surface area contributed by atoms with Crippen LogP contribution < -0.4 is 9.80 Å². The third-order valence-electron chi connectivity index (χ3n) is 10.2. The van der Waals surface area contributed by atoms with Crippen LogP contribution in [0.25, 0.3) is 12.2 Å². The van der Waals surface area contributed by atoms with Crippen LogP contribution >= 0.6 is 0 Å². The maximum atomic E-state index is 10.7. The lowest BCUT2D eigenvalue weighted by atomic mass is 10.0. The van der Waals surface area contributed by atoms with Crippen molar-refractivity contribution in [1.29, 1.82) is 0 Å². The second-order valence-electron chi connectivity index (χ2n) is 15.2. The molecule has 0 aromatic heterocycles. The Morgan fingerprint density at radius 2 is 0.968 bits per heavy atom. The molecule has 1 N–H and O–H groups in total. The molecule has 0 aliphatic heterocycles. The van der Waals surface area contributed by atoms with Gasteiger partial charge in [0.1, 0.15) is 25.0 Å². The molecule has 0 fully saturated rings. The molecule has 0 radical (unpaired) electrons. The van der Waals surface area contributed by atoms with Crippen molar-refractivity contribution >= 4 is 78.2 Å². The molecule has 6 rings (SSSR count). The van der Waals surface area contributed by atoms with Gasteiger partial charge >= 0.3 is 15.6 Å². The highest BCUT2D eigenvalue weighted by Gasteiger charge is 2.44. The molecule has 0 saturated carbocycles. The number of hydrogen-bond acceptors (Lipinski definition) is 4. The lowest BCUT2D eigenvalue weighted by molar-refractivity contribution is -0.0510. The summed E-state index contributed by atoms with van der Waals surface area (Å²) in [6, 6.07) is 54.1. The fourth-order valence-corrected chi connectivity index (χ4v) is 8.20. The molecule has 0 amide bonds. The largest absolute Gasteiger partial charge is 0.522 e. The van der Waals surface area contributed by atoms with Crippen LogP contribution in [0, 0.1) is 0 Å². The van der Waals surface area contributed by atoms with Crippen LogP contribution in [0.4, 0.5) is 47.3 Å². The minimum absolute atomic E-state index is 0.179. The molecule has 0 heterocycles. The molecule has 0 spiro atoms. The van der Waals surface area contributed by atoms with Gasteiger partial charge in [0, 0.05) is 56.7 Å². The van der Waals surface area contributed by atoms with Gasteiger partial charge in [-0.3, -0.25) is 4.55 Å². The number of halogens is 3. The van der Waals surface area contributed by atoms with Gasteiger partial charge in [0.05, 0.1) is 11.4 Å². The molecule has 6 aromatic rings. The van der Waals surface area contributed by atoms with Crippen LogP contribution in [0.1, 0.15) is 61.8 Å². The topological polar surface area (TPSA) is 60.9 Å². The van der Waals surface area contributed by atoms with E-state index in [0.29, 0.717) is 0 Å². The van der Waals surface area contributed by atoms with Crippen molar-refractivity contribution in [2.75, 3.05) is 34.8 Å². The van der Waals surface area contributed by atoms with E-state index in [9.17, 15) is 13.2 Å². The Bertz CT molecular complexity index is 2470. The summed E-state index contributed by atoms with van der Waals surface area (Å²) < 4.78 is 57.5. The van der Waals surface area contributed by atoms with Crippen molar-refractivity contribution < 1.29 is 26.1 Å². The van der Waals surface area contributed by atoms with Gasteiger partial charge in [-0.05, 0) is 115 Å². The van der Waals surface area contributed by atoms with E-state index in [1.165, 1.54) is 86.2 Å². The summed E-state index contributed by atoms with van der Waals surface area (Å²) in [5.74, 6) is 0. The smallest absolute Gasteiger partial charge is 0.310 e. The standard InChI is InChI=1S/C50H56N2S2.CHF3O3S/c1-7-9-15-39-25-31-43(32-26-39)51(46-18-13-20-48(37-46)53(3)4)44-33-27-40(28-34-44)23-24-41-29-35-45(36-30-41)52(47-19-14-21-49(38-47)54(5)6)50-22-12-11-17-42(50)16-10-8-2;2-1(3,4)8(5,6)7/h11-14,17-38H,7-10,15-16H2,1-6H3;(H,5,6,7)/q+2;. The summed E-state index contributed by atoms with van der Waals surface area (Å²) in [4.78, 5) is 7.57. The summed E-state index contributed by atoms with van der Waals surface area (Å²) in [6.45, 7) is 4.52. The third-order valence-corrected chi connectivity index (χ3v) is 13.2. The SMILES string of the molecule is CCCCc1ccc(N(c2ccc(C=Cc3ccc(N(c4cccc([S+](C)C)c4)c4ccccc4CCCC)cc3)cc2)c2cccc([S+](C)C)c2)cc1.O=S(=O)(O)C(F)(F)F. The maximum absolute atomic E-state index is 10.7. The fraction of sp³-hybridized carbons (Fsp3) is 0.255. The quantitative estimate of drug-likeness (QED) is 0.0454. The first-order valence-electron chi connectivity index (χ1n) is 20.6. The molecular weight excluding hydrogens is 842 g/mol. The Hall–Kier alpha value is -4.94. The van der Waals surface area contributed by atoms with Crippen LogP contribution in [-0.4, -0.2) is 43.5 Å². The predicted octanol–water partition coefficient (Wildman–Crippen LogP) is 14.3. The zero-order chi connectivity index (χ0) is 44.9. The highest BCUT2D eigenvalue weighted by molar-refractivity contribution is 7.95. The normalized spacial score (nSPS) is 11.8. The first kappa shape index (κ1) is 48.1. The van der Waals surface area contributed by atoms with Crippen molar-refractivity contribution in [1.82, 2.24) is 0 Å². The fourth-order valence-electron chi connectivity index (χ4n) is 6.79. The lowest BCUT2D eigenvalue weighted by Gasteiger charge is -2.28. The highest BCUT2D eigenvalue weighted by Crippen LogP contribution is 2.39. The van der Waals surface area contributed by atoms with Gasteiger partial charge in [0.25, 0.3) is 0 Å². The maximum Gasteiger partial charge on any atom is 0.522 e. The van der Waals surface area contributed by atoms with Gasteiger partial charge in [0.2, 0.25) is 0 Å². The second-order valence-corrected chi connectivity index (χ2v) is 20.9. The molecule has 0 saturated heterocycles. The second kappa shape index (κ2) is 22.4. The van der Waals surface area contributed by atoms with E-state index in [4.69, 9.17) is 13.0 Å². The number of unbranched alkanes of at least 4 members (excludes halogenated alkanes) is 2. The number of hydrogen-bond donors (Lipinski definition) is 1. The number of anilines is 6. The van der Waals surface area contributed by atoms with Gasteiger partial charge in [-0.25, -0.2) is 0 Å². The van der Waals surface area contributed by atoms with Crippen LogP contribution in [0.3, 0.4) is 0 Å². The Morgan fingerprint density at radius 3 is 1.42 bits per heavy atom. The zero-order valence-corrected chi connectivity index (χ0v) is 38.7. The molecule has 0 aliphatic rings. The number of benzene rings is 6. The Morgan fingerprint density at radius 1 is 0.548 bits per heavy atom. The molecule has 62 heavy (non-hydrogen) atoms. The number of aryl methyl sites for hydroxylation is 2. The first-order valence-corrected chi connectivity index (χ1v) is 26.2. The lowest BCUT2D eigenvalue weighted by Crippen LogP contribution is -2.21. The van der Waals surface area contributed by atoms with Crippen molar-refractivity contribution in [3.63, 3.8) is 0 Å². The monoisotopic (exact) mass is 898 g/mol. The molecule has 11 heteroatoms. The van der Waals surface area contributed by atoms with Crippen molar-refractivity contribution in [3.05, 3.63) is 168 Å². The number of rotatable bonds is 16. The minimum atomic E-state index is -5.84.